The summed E-state index contributed by atoms with van der Waals surface area (Å²) in [7, 11) is 0. The van der Waals surface area contributed by atoms with Gasteiger partial charge in [0, 0.05) is 19.0 Å². The second-order valence-electron chi connectivity index (χ2n) is 6.81. The largest absolute Gasteiger partial charge is 0.343 e. The maximum Gasteiger partial charge on any atom is 0.226 e. The van der Waals surface area contributed by atoms with Crippen molar-refractivity contribution < 1.29 is 4.79 Å². The Labute approximate surface area is 132 Å². The number of hydrogen-bond donors (Lipinski definition) is 0. The molecule has 0 bridgehead atoms. The minimum absolute atomic E-state index is 0.146. The third-order valence-corrected chi connectivity index (χ3v) is 4.95. The summed E-state index contributed by atoms with van der Waals surface area (Å²) >= 11 is 0. The lowest BCUT2D eigenvalue weighted by atomic mass is 9.86. The van der Waals surface area contributed by atoms with Gasteiger partial charge in [-0.3, -0.25) is 4.79 Å². The van der Waals surface area contributed by atoms with Crippen LogP contribution in [0.25, 0.3) is 0 Å². The molecule has 1 aliphatic rings. The van der Waals surface area contributed by atoms with Crippen LogP contribution in [0.3, 0.4) is 0 Å². The number of amides is 1. The minimum atomic E-state index is 0.146. The van der Waals surface area contributed by atoms with E-state index in [-0.39, 0.29) is 5.92 Å². The smallest absolute Gasteiger partial charge is 0.226 e. The Bertz CT molecular complexity index is 312. The van der Waals surface area contributed by atoms with Crippen LogP contribution in [0.5, 0.6) is 0 Å². The van der Waals surface area contributed by atoms with Crippen molar-refractivity contribution in [2.24, 2.45) is 17.8 Å². The van der Waals surface area contributed by atoms with Crippen molar-refractivity contribution in [3.63, 3.8) is 0 Å². The fourth-order valence-corrected chi connectivity index (χ4v) is 3.38. The first kappa shape index (κ1) is 18.3. The van der Waals surface area contributed by atoms with Crippen LogP contribution in [0.1, 0.15) is 72.6 Å². The van der Waals surface area contributed by atoms with E-state index in [4.69, 9.17) is 0 Å². The molecular weight excluding hydrogens is 258 g/mol. The average molecular weight is 293 g/mol. The molecule has 1 fully saturated rings. The van der Waals surface area contributed by atoms with E-state index in [1.165, 1.54) is 38.5 Å². The molecule has 1 saturated carbocycles. The third kappa shape index (κ3) is 6.23. The zero-order chi connectivity index (χ0) is 15.7. The second kappa shape index (κ2) is 10.0. The maximum atomic E-state index is 12.5. The Balaban J connectivity index is 2.44. The molecule has 0 aromatic rings. The van der Waals surface area contributed by atoms with Gasteiger partial charge >= 0.3 is 0 Å². The second-order valence-corrected chi connectivity index (χ2v) is 6.81. The maximum absolute atomic E-state index is 12.5. The molecule has 0 heterocycles. The van der Waals surface area contributed by atoms with Gasteiger partial charge in [0.15, 0.2) is 0 Å². The summed E-state index contributed by atoms with van der Waals surface area (Å²) in [6, 6.07) is 0. The molecular formula is C19H35NO. The molecule has 0 spiro atoms. The summed E-state index contributed by atoms with van der Waals surface area (Å²) in [5, 5.41) is 0. The Morgan fingerprint density at radius 1 is 1.10 bits per heavy atom. The van der Waals surface area contributed by atoms with Crippen LogP contribution in [0, 0.1) is 17.8 Å². The van der Waals surface area contributed by atoms with Crippen LogP contribution in [-0.2, 0) is 4.79 Å². The van der Waals surface area contributed by atoms with Gasteiger partial charge in [0.1, 0.15) is 0 Å². The predicted octanol–water partition coefficient (Wildman–Crippen LogP) is 5.04. The van der Waals surface area contributed by atoms with Crippen molar-refractivity contribution in [2.75, 3.05) is 13.1 Å². The topological polar surface area (TPSA) is 20.3 Å². The molecule has 0 N–H and O–H groups in total. The van der Waals surface area contributed by atoms with Crippen molar-refractivity contribution in [1.29, 1.82) is 0 Å². The molecule has 0 unspecified atom stereocenters. The highest BCUT2D eigenvalue weighted by atomic mass is 16.2. The highest BCUT2D eigenvalue weighted by Crippen LogP contribution is 2.27. The summed E-state index contributed by atoms with van der Waals surface area (Å²) in [6.07, 6.45) is 13.8. The minimum Gasteiger partial charge on any atom is -0.343 e. The van der Waals surface area contributed by atoms with E-state index < -0.39 is 0 Å². The van der Waals surface area contributed by atoms with Gasteiger partial charge in [-0.15, -0.1) is 0 Å². The summed E-state index contributed by atoms with van der Waals surface area (Å²) in [5.41, 5.74) is 0. The van der Waals surface area contributed by atoms with Gasteiger partial charge in [-0.25, -0.2) is 0 Å². The molecule has 1 amide bonds. The summed E-state index contributed by atoms with van der Waals surface area (Å²) in [6.45, 7) is 10.1. The van der Waals surface area contributed by atoms with Gasteiger partial charge in [-0.2, -0.15) is 0 Å². The van der Waals surface area contributed by atoms with Crippen molar-refractivity contribution >= 4 is 5.91 Å². The van der Waals surface area contributed by atoms with E-state index >= 15 is 0 Å². The molecule has 2 heteroatoms. The fourth-order valence-electron chi connectivity index (χ4n) is 3.38. The number of rotatable bonds is 8. The number of nitrogens with zero attached hydrogens (tertiary/aromatic N) is 1. The Morgan fingerprint density at radius 2 is 1.71 bits per heavy atom. The molecule has 1 rings (SSSR count). The van der Waals surface area contributed by atoms with Crippen LogP contribution in [0.2, 0.25) is 0 Å². The average Bonchev–Trinajstić information content (AvgIpc) is 2.49. The first-order valence-electron chi connectivity index (χ1n) is 9.03. The van der Waals surface area contributed by atoms with Crippen molar-refractivity contribution in [2.45, 2.75) is 72.6 Å². The van der Waals surface area contributed by atoms with E-state index in [9.17, 15) is 4.79 Å². The number of carbonyl (C=O) groups excluding carboxylic acids is 1. The fraction of sp³-hybridized carbons (Fsp3) is 0.842. The van der Waals surface area contributed by atoms with Gasteiger partial charge in [0.05, 0.1) is 0 Å². The number of carbonyl (C=O) groups is 1. The van der Waals surface area contributed by atoms with Crippen molar-refractivity contribution in [1.82, 2.24) is 4.90 Å². The van der Waals surface area contributed by atoms with E-state index in [0.29, 0.717) is 11.8 Å². The molecule has 21 heavy (non-hydrogen) atoms. The molecule has 122 valence electrons. The van der Waals surface area contributed by atoms with Crippen LogP contribution in [0.15, 0.2) is 12.2 Å². The third-order valence-electron chi connectivity index (χ3n) is 4.95. The standard InChI is InChI=1S/C19H35NO/c1-5-20(6-2)19(21)18(16(3)4)15-11-10-14-17-12-8-7-9-13-17/h10-11,16-18H,5-9,12-15H2,1-4H3/t18-/m0/s1. The quantitative estimate of drug-likeness (QED) is 0.574. The number of allylic oxidation sites excluding steroid dienone is 2. The van der Waals surface area contributed by atoms with Crippen LogP contribution in [0.4, 0.5) is 0 Å². The first-order valence-corrected chi connectivity index (χ1v) is 9.03. The Hall–Kier alpha value is -0.790. The normalized spacial score (nSPS) is 18.3. The summed E-state index contributed by atoms with van der Waals surface area (Å²) < 4.78 is 0. The summed E-state index contributed by atoms with van der Waals surface area (Å²) in [4.78, 5) is 14.5. The van der Waals surface area contributed by atoms with E-state index in [2.05, 4.69) is 39.8 Å². The Morgan fingerprint density at radius 3 is 2.24 bits per heavy atom. The molecule has 0 aromatic carbocycles. The Kier molecular flexibility index (Phi) is 8.72. The zero-order valence-corrected chi connectivity index (χ0v) is 14.6. The molecule has 0 aromatic heterocycles. The van der Waals surface area contributed by atoms with E-state index in [1.807, 2.05) is 4.90 Å². The van der Waals surface area contributed by atoms with Crippen LogP contribution in [-0.4, -0.2) is 23.9 Å². The van der Waals surface area contributed by atoms with Gasteiger partial charge in [0.25, 0.3) is 0 Å². The molecule has 0 aliphatic heterocycles. The van der Waals surface area contributed by atoms with E-state index in [0.717, 1.165) is 25.4 Å². The predicted molar refractivity (Wildman–Crippen MR) is 91.2 cm³/mol. The molecule has 2 nitrogen and oxygen atoms in total. The molecule has 1 atom stereocenters. The van der Waals surface area contributed by atoms with Crippen LogP contribution < -0.4 is 0 Å². The van der Waals surface area contributed by atoms with E-state index in [1.54, 1.807) is 0 Å². The number of hydrogen-bond acceptors (Lipinski definition) is 1. The van der Waals surface area contributed by atoms with Crippen molar-refractivity contribution in [3.8, 4) is 0 Å². The van der Waals surface area contributed by atoms with Gasteiger partial charge < -0.3 is 4.90 Å². The molecule has 0 saturated heterocycles. The van der Waals surface area contributed by atoms with Gasteiger partial charge in [0.2, 0.25) is 5.91 Å². The summed E-state index contributed by atoms with van der Waals surface area (Å²) in [5.74, 6) is 1.79. The molecule has 0 radical (unpaired) electrons. The lowest BCUT2D eigenvalue weighted by Crippen LogP contribution is -2.37. The first-order chi connectivity index (χ1) is 10.1. The van der Waals surface area contributed by atoms with Gasteiger partial charge in [-0.05, 0) is 38.5 Å². The zero-order valence-electron chi connectivity index (χ0n) is 14.6. The lowest BCUT2D eigenvalue weighted by Gasteiger charge is -2.27. The highest BCUT2D eigenvalue weighted by Gasteiger charge is 2.24. The SMILES string of the molecule is CCN(CC)C(=O)[C@@H](CC=CCC1CCCCC1)C(C)C. The van der Waals surface area contributed by atoms with Crippen molar-refractivity contribution in [3.05, 3.63) is 12.2 Å². The molecule has 1 aliphatic carbocycles. The van der Waals surface area contributed by atoms with Crippen LogP contribution >= 0.6 is 0 Å². The highest BCUT2D eigenvalue weighted by molar-refractivity contribution is 5.79. The monoisotopic (exact) mass is 293 g/mol. The lowest BCUT2D eigenvalue weighted by molar-refractivity contribution is -0.136. The van der Waals surface area contributed by atoms with Gasteiger partial charge in [-0.1, -0.05) is 58.1 Å².